The molecule has 1 saturated carbocycles. The summed E-state index contributed by atoms with van der Waals surface area (Å²) in [7, 11) is 1.91. The minimum Gasteiger partial charge on any atom is -0.374 e. The van der Waals surface area contributed by atoms with E-state index in [1.165, 1.54) is 5.56 Å². The SMILES string of the molecule is C=CCOC1CCN(C(=O)C2CC2c2cnn(C)c2)CC1. The van der Waals surface area contributed by atoms with Gasteiger partial charge in [0.25, 0.3) is 0 Å². The molecule has 0 aromatic carbocycles. The molecule has 1 aromatic heterocycles. The third kappa shape index (κ3) is 3.18. The van der Waals surface area contributed by atoms with Crippen LogP contribution >= 0.6 is 0 Å². The molecule has 21 heavy (non-hydrogen) atoms. The number of carbonyl (C=O) groups is 1. The number of hydrogen-bond donors (Lipinski definition) is 0. The number of likely N-dealkylation sites (tertiary alicyclic amines) is 1. The predicted octanol–water partition coefficient (Wildman–Crippen LogP) is 1.72. The Bertz CT molecular complexity index is 517. The lowest BCUT2D eigenvalue weighted by atomic mass is 10.1. The monoisotopic (exact) mass is 289 g/mol. The first-order valence-corrected chi connectivity index (χ1v) is 7.69. The Morgan fingerprint density at radius 2 is 2.29 bits per heavy atom. The van der Waals surface area contributed by atoms with Crippen LogP contribution < -0.4 is 0 Å². The molecule has 114 valence electrons. The molecule has 0 radical (unpaired) electrons. The molecule has 5 heteroatoms. The molecule has 1 aromatic rings. The van der Waals surface area contributed by atoms with Crippen molar-refractivity contribution in [3.63, 3.8) is 0 Å². The summed E-state index contributed by atoms with van der Waals surface area (Å²) in [5.41, 5.74) is 1.19. The van der Waals surface area contributed by atoms with E-state index in [-0.39, 0.29) is 12.0 Å². The number of hydrogen-bond acceptors (Lipinski definition) is 3. The molecule has 1 aliphatic heterocycles. The summed E-state index contributed by atoms with van der Waals surface area (Å²) in [5.74, 6) is 0.854. The first-order valence-electron chi connectivity index (χ1n) is 7.69. The molecule has 5 nitrogen and oxygen atoms in total. The topological polar surface area (TPSA) is 47.4 Å². The first-order chi connectivity index (χ1) is 10.2. The standard InChI is InChI=1S/C16H23N3O2/c1-3-8-21-13-4-6-19(7-5-13)16(20)15-9-14(15)12-10-17-18(2)11-12/h3,10-11,13-15H,1,4-9H2,2H3. The molecule has 2 unspecified atom stereocenters. The Morgan fingerprint density at radius 3 is 2.90 bits per heavy atom. The lowest BCUT2D eigenvalue weighted by molar-refractivity contribution is -0.135. The second kappa shape index (κ2) is 6.02. The van der Waals surface area contributed by atoms with Gasteiger partial charge < -0.3 is 9.64 Å². The highest BCUT2D eigenvalue weighted by atomic mass is 16.5. The van der Waals surface area contributed by atoms with Gasteiger partial charge in [0, 0.05) is 32.3 Å². The van der Waals surface area contributed by atoms with Crippen molar-refractivity contribution in [1.82, 2.24) is 14.7 Å². The predicted molar refractivity (Wildman–Crippen MR) is 79.8 cm³/mol. The molecule has 2 aliphatic rings. The summed E-state index contributed by atoms with van der Waals surface area (Å²) >= 11 is 0. The summed E-state index contributed by atoms with van der Waals surface area (Å²) in [6, 6.07) is 0. The van der Waals surface area contributed by atoms with Gasteiger partial charge in [-0.15, -0.1) is 6.58 Å². The largest absolute Gasteiger partial charge is 0.374 e. The van der Waals surface area contributed by atoms with Crippen LogP contribution in [0.5, 0.6) is 0 Å². The number of aromatic nitrogens is 2. The van der Waals surface area contributed by atoms with E-state index in [0.717, 1.165) is 32.4 Å². The minimum absolute atomic E-state index is 0.167. The fraction of sp³-hybridized carbons (Fsp3) is 0.625. The van der Waals surface area contributed by atoms with E-state index in [2.05, 4.69) is 11.7 Å². The molecule has 2 atom stereocenters. The van der Waals surface area contributed by atoms with Gasteiger partial charge in [0.1, 0.15) is 0 Å². The third-order valence-corrected chi connectivity index (χ3v) is 4.46. The maximum atomic E-state index is 12.5. The number of rotatable bonds is 5. The number of aryl methyl sites for hydroxylation is 1. The van der Waals surface area contributed by atoms with Gasteiger partial charge in [-0.25, -0.2) is 0 Å². The molecule has 1 saturated heterocycles. The summed E-state index contributed by atoms with van der Waals surface area (Å²) in [5, 5.41) is 4.19. The van der Waals surface area contributed by atoms with Gasteiger partial charge in [-0.3, -0.25) is 9.48 Å². The minimum atomic E-state index is 0.167. The van der Waals surface area contributed by atoms with Crippen LogP contribution in [0.1, 0.15) is 30.7 Å². The Kier molecular flexibility index (Phi) is 4.10. The van der Waals surface area contributed by atoms with Crippen LogP contribution in [0.3, 0.4) is 0 Å². The van der Waals surface area contributed by atoms with E-state index in [4.69, 9.17) is 4.74 Å². The molecule has 2 fully saturated rings. The number of amides is 1. The normalized spacial score (nSPS) is 25.9. The zero-order valence-electron chi connectivity index (χ0n) is 12.6. The molecule has 0 bridgehead atoms. The van der Waals surface area contributed by atoms with Crippen molar-refractivity contribution in [3.8, 4) is 0 Å². The van der Waals surface area contributed by atoms with Gasteiger partial charge in [0.05, 0.1) is 18.9 Å². The van der Waals surface area contributed by atoms with Gasteiger partial charge in [0.15, 0.2) is 0 Å². The Morgan fingerprint density at radius 1 is 1.52 bits per heavy atom. The molecule has 2 heterocycles. The van der Waals surface area contributed by atoms with E-state index in [1.807, 2.05) is 24.3 Å². The summed E-state index contributed by atoms with van der Waals surface area (Å²) in [4.78, 5) is 14.5. The van der Waals surface area contributed by atoms with Crippen LogP contribution in [-0.4, -0.2) is 46.4 Å². The van der Waals surface area contributed by atoms with Crippen molar-refractivity contribution in [1.29, 1.82) is 0 Å². The molecular weight excluding hydrogens is 266 g/mol. The van der Waals surface area contributed by atoms with Crippen LogP contribution in [0, 0.1) is 5.92 Å². The quantitative estimate of drug-likeness (QED) is 0.775. The molecule has 1 amide bonds. The third-order valence-electron chi connectivity index (χ3n) is 4.46. The summed E-state index contributed by atoms with van der Waals surface area (Å²) < 4.78 is 7.47. The van der Waals surface area contributed by atoms with Gasteiger partial charge in [0.2, 0.25) is 5.91 Å². The van der Waals surface area contributed by atoms with E-state index in [1.54, 1.807) is 10.8 Å². The summed E-state index contributed by atoms with van der Waals surface area (Å²) in [6.07, 6.45) is 8.80. The molecule has 3 rings (SSSR count). The summed E-state index contributed by atoms with van der Waals surface area (Å²) in [6.45, 7) is 5.90. The van der Waals surface area contributed by atoms with Gasteiger partial charge in [-0.1, -0.05) is 6.08 Å². The van der Waals surface area contributed by atoms with Crippen LogP contribution in [0.15, 0.2) is 25.0 Å². The van der Waals surface area contributed by atoms with Crippen LogP contribution in [0.4, 0.5) is 0 Å². The van der Waals surface area contributed by atoms with Crippen molar-refractivity contribution in [2.75, 3.05) is 19.7 Å². The van der Waals surface area contributed by atoms with E-state index in [0.29, 0.717) is 18.4 Å². The van der Waals surface area contributed by atoms with Crippen molar-refractivity contribution in [2.24, 2.45) is 13.0 Å². The molecule has 0 spiro atoms. The first kappa shape index (κ1) is 14.3. The Balaban J connectivity index is 1.48. The average molecular weight is 289 g/mol. The van der Waals surface area contributed by atoms with Crippen LogP contribution in [-0.2, 0) is 16.6 Å². The van der Waals surface area contributed by atoms with Crippen molar-refractivity contribution in [3.05, 3.63) is 30.6 Å². The number of carbonyl (C=O) groups excluding carboxylic acids is 1. The number of ether oxygens (including phenoxy) is 1. The second-order valence-electron chi connectivity index (χ2n) is 6.04. The molecule has 0 N–H and O–H groups in total. The number of piperidine rings is 1. The van der Waals surface area contributed by atoms with E-state index < -0.39 is 0 Å². The van der Waals surface area contributed by atoms with E-state index in [9.17, 15) is 4.79 Å². The van der Waals surface area contributed by atoms with Crippen LogP contribution in [0.25, 0.3) is 0 Å². The van der Waals surface area contributed by atoms with Crippen molar-refractivity contribution < 1.29 is 9.53 Å². The van der Waals surface area contributed by atoms with Gasteiger partial charge >= 0.3 is 0 Å². The average Bonchev–Trinajstić information content (AvgIpc) is 3.19. The van der Waals surface area contributed by atoms with E-state index >= 15 is 0 Å². The lowest BCUT2D eigenvalue weighted by Gasteiger charge is -2.32. The smallest absolute Gasteiger partial charge is 0.226 e. The van der Waals surface area contributed by atoms with Crippen molar-refractivity contribution >= 4 is 5.91 Å². The zero-order chi connectivity index (χ0) is 14.8. The highest BCUT2D eigenvalue weighted by molar-refractivity contribution is 5.83. The fourth-order valence-corrected chi connectivity index (χ4v) is 3.15. The molecule has 1 aliphatic carbocycles. The second-order valence-corrected chi connectivity index (χ2v) is 6.04. The zero-order valence-corrected chi connectivity index (χ0v) is 12.6. The maximum absolute atomic E-state index is 12.5. The lowest BCUT2D eigenvalue weighted by Crippen LogP contribution is -2.41. The Hall–Kier alpha value is -1.62. The highest BCUT2D eigenvalue weighted by Gasteiger charge is 2.46. The highest BCUT2D eigenvalue weighted by Crippen LogP contribution is 2.48. The Labute approximate surface area is 125 Å². The maximum Gasteiger partial charge on any atom is 0.226 e. The van der Waals surface area contributed by atoms with Gasteiger partial charge in [-0.2, -0.15) is 5.10 Å². The van der Waals surface area contributed by atoms with Gasteiger partial charge in [-0.05, 0) is 30.7 Å². The fourth-order valence-electron chi connectivity index (χ4n) is 3.15. The van der Waals surface area contributed by atoms with Crippen LogP contribution in [0.2, 0.25) is 0 Å². The molecular formula is C16H23N3O2. The van der Waals surface area contributed by atoms with Crippen molar-refractivity contribution in [2.45, 2.75) is 31.3 Å². The number of nitrogens with zero attached hydrogens (tertiary/aromatic N) is 3.